The Labute approximate surface area is 75.1 Å². The molecule has 0 saturated heterocycles. The van der Waals surface area contributed by atoms with Crippen LogP contribution in [0.25, 0.3) is 0 Å². The average Bonchev–Trinajstić information content (AvgIpc) is 1.60. The Hall–Kier alpha value is 0.1000. The first-order valence-corrected chi connectivity index (χ1v) is 4.05. The number of hydrogen-bond donors (Lipinski definition) is 1. The predicted octanol–water partition coefficient (Wildman–Crippen LogP) is 1.54. The number of carbonyl (C=O) groups excluding carboxylic acids is 1. The quantitative estimate of drug-likeness (QED) is 0.794. The van der Waals surface area contributed by atoms with E-state index in [1.165, 1.54) is 6.92 Å². The van der Waals surface area contributed by atoms with Gasteiger partial charge in [-0.3, -0.25) is 4.79 Å². The Kier molecular flexibility index (Phi) is 3.51. The molecule has 0 aromatic carbocycles. The minimum atomic E-state index is -1.29. The summed E-state index contributed by atoms with van der Waals surface area (Å²) in [4.78, 5) is 20.8. The van der Waals surface area contributed by atoms with E-state index in [0.29, 0.717) is 0 Å². The van der Waals surface area contributed by atoms with Gasteiger partial charge in [0.25, 0.3) is 0 Å². The second kappa shape index (κ2) is 3.48. The number of carboxylic acid groups (broad SMARTS) is 1. The van der Waals surface area contributed by atoms with Crippen LogP contribution in [-0.4, -0.2) is 20.1 Å². The predicted molar refractivity (Wildman–Crippen MR) is 43.5 cm³/mol. The van der Waals surface area contributed by atoms with Crippen molar-refractivity contribution in [2.24, 2.45) is 0 Å². The molecule has 0 aliphatic carbocycles. The maximum atomic E-state index is 10.4. The molecule has 0 saturated carbocycles. The van der Waals surface area contributed by atoms with Crippen molar-refractivity contribution in [1.82, 2.24) is 0 Å². The molecule has 0 aliphatic heterocycles. The lowest BCUT2D eigenvalue weighted by Gasteiger charge is -2.11. The number of alkyl halides is 2. The number of Topliss-reactive ketones (excluding diaryl/α,β-unsaturated/α-hetero) is 1. The maximum absolute atomic E-state index is 10.4. The molecule has 1 N–H and O–H groups in total. The van der Waals surface area contributed by atoms with E-state index in [0.717, 1.165) is 0 Å². The lowest BCUT2D eigenvalue weighted by atomic mass is 10.2. The van der Waals surface area contributed by atoms with Crippen LogP contribution < -0.4 is 0 Å². The molecule has 0 rings (SSSR count). The van der Waals surface area contributed by atoms with E-state index in [4.69, 9.17) is 5.11 Å². The second-order valence-corrected chi connectivity index (χ2v) is 5.66. The Bertz CT molecular complexity index is 164. The van der Waals surface area contributed by atoms with Crippen molar-refractivity contribution in [2.75, 3.05) is 0 Å². The Morgan fingerprint density at radius 3 is 2.00 bits per heavy atom. The average molecular weight is 274 g/mol. The van der Waals surface area contributed by atoms with Gasteiger partial charge in [0.2, 0.25) is 0 Å². The summed E-state index contributed by atoms with van der Waals surface area (Å²) in [7, 11) is 0. The van der Waals surface area contributed by atoms with Crippen LogP contribution in [0.2, 0.25) is 0 Å². The minimum Gasteiger partial charge on any atom is -0.480 e. The molecule has 58 valence electrons. The van der Waals surface area contributed by atoms with Gasteiger partial charge in [-0.25, -0.2) is 4.79 Å². The fraction of sp³-hybridized carbons (Fsp3) is 0.600. The van der Waals surface area contributed by atoms with Gasteiger partial charge in [0.15, 0.2) is 3.23 Å². The number of carbonyl (C=O) groups is 2. The molecular formula is C5H6Br2O3. The summed E-state index contributed by atoms with van der Waals surface area (Å²) in [6, 6.07) is 0. The zero-order chi connectivity index (χ0) is 8.36. The zero-order valence-corrected chi connectivity index (χ0v) is 8.40. The van der Waals surface area contributed by atoms with Crippen molar-refractivity contribution in [1.29, 1.82) is 0 Å². The molecule has 0 aliphatic rings. The van der Waals surface area contributed by atoms with Crippen LogP contribution in [0.15, 0.2) is 0 Å². The minimum absolute atomic E-state index is 0.0671. The molecule has 0 aromatic heterocycles. The van der Waals surface area contributed by atoms with Crippen molar-refractivity contribution in [2.45, 2.75) is 16.6 Å². The molecule has 0 atom stereocenters. The first-order valence-electron chi connectivity index (χ1n) is 2.47. The highest BCUT2D eigenvalue weighted by Crippen LogP contribution is 2.30. The first kappa shape index (κ1) is 10.1. The van der Waals surface area contributed by atoms with Crippen LogP contribution in [0.4, 0.5) is 0 Å². The zero-order valence-electron chi connectivity index (χ0n) is 5.23. The molecule has 0 aromatic rings. The van der Waals surface area contributed by atoms with Gasteiger partial charge >= 0.3 is 5.97 Å². The van der Waals surface area contributed by atoms with Crippen molar-refractivity contribution in [3.05, 3.63) is 0 Å². The Morgan fingerprint density at radius 1 is 1.50 bits per heavy atom. The summed E-state index contributed by atoms with van der Waals surface area (Å²) in [5, 5.41) is 8.44. The first-order chi connectivity index (χ1) is 4.36. The second-order valence-electron chi connectivity index (χ2n) is 1.89. The largest absolute Gasteiger partial charge is 0.480 e. The third-order valence-corrected chi connectivity index (χ3v) is 2.02. The van der Waals surface area contributed by atoms with Gasteiger partial charge < -0.3 is 5.11 Å². The van der Waals surface area contributed by atoms with Gasteiger partial charge in [-0.1, -0.05) is 31.9 Å². The van der Waals surface area contributed by atoms with E-state index >= 15 is 0 Å². The summed E-state index contributed by atoms with van der Waals surface area (Å²) in [5.74, 6) is -1.28. The van der Waals surface area contributed by atoms with Gasteiger partial charge in [-0.2, -0.15) is 0 Å². The van der Waals surface area contributed by atoms with Crippen LogP contribution in [0.5, 0.6) is 0 Å². The number of rotatable bonds is 3. The van der Waals surface area contributed by atoms with Crippen LogP contribution in [0.3, 0.4) is 0 Å². The molecule has 0 radical (unpaired) electrons. The molecule has 10 heavy (non-hydrogen) atoms. The standard InChI is InChI=1S/C5H6Br2O3/c1-3(8)2-5(6,7)4(9)10/h2H2,1H3,(H,9,10). The summed E-state index contributed by atoms with van der Waals surface area (Å²) in [6.45, 7) is 1.33. The van der Waals surface area contributed by atoms with Crippen LogP contribution in [0.1, 0.15) is 13.3 Å². The Balaban J connectivity index is 4.13. The molecule has 0 fully saturated rings. The van der Waals surface area contributed by atoms with Crippen molar-refractivity contribution in [3.63, 3.8) is 0 Å². The summed E-state index contributed by atoms with van der Waals surface area (Å²) in [6.07, 6.45) is -0.0671. The SMILES string of the molecule is CC(=O)CC(Br)(Br)C(=O)O. The molecule has 0 heterocycles. The van der Waals surface area contributed by atoms with E-state index in [1.54, 1.807) is 0 Å². The highest BCUT2D eigenvalue weighted by molar-refractivity contribution is 9.25. The summed E-state index contributed by atoms with van der Waals surface area (Å²) >= 11 is 5.69. The van der Waals surface area contributed by atoms with Gasteiger partial charge in [0, 0.05) is 6.42 Å². The van der Waals surface area contributed by atoms with E-state index in [-0.39, 0.29) is 12.2 Å². The lowest BCUT2D eigenvalue weighted by Crippen LogP contribution is -2.26. The molecule has 0 bridgehead atoms. The van der Waals surface area contributed by atoms with Crippen molar-refractivity contribution in [3.8, 4) is 0 Å². The van der Waals surface area contributed by atoms with E-state index in [2.05, 4.69) is 31.9 Å². The van der Waals surface area contributed by atoms with Gasteiger partial charge in [0.1, 0.15) is 5.78 Å². The lowest BCUT2D eigenvalue weighted by molar-refractivity contribution is -0.138. The molecule has 3 nitrogen and oxygen atoms in total. The van der Waals surface area contributed by atoms with Gasteiger partial charge in [-0.05, 0) is 6.92 Å². The maximum Gasteiger partial charge on any atom is 0.331 e. The third-order valence-electron chi connectivity index (χ3n) is 0.784. The van der Waals surface area contributed by atoms with E-state index in [1.807, 2.05) is 0 Å². The summed E-state index contributed by atoms with van der Waals surface area (Å²) < 4.78 is -1.29. The van der Waals surface area contributed by atoms with Crippen molar-refractivity contribution >= 4 is 43.6 Å². The molecule has 0 amide bonds. The smallest absolute Gasteiger partial charge is 0.331 e. The van der Waals surface area contributed by atoms with E-state index < -0.39 is 9.20 Å². The highest BCUT2D eigenvalue weighted by atomic mass is 79.9. The van der Waals surface area contributed by atoms with Crippen LogP contribution >= 0.6 is 31.9 Å². The molecule has 0 spiro atoms. The number of aliphatic carboxylic acids is 1. The number of ketones is 1. The molecule has 0 unspecified atom stereocenters. The fourth-order valence-corrected chi connectivity index (χ4v) is 1.18. The normalized spacial score (nSPS) is 11.1. The van der Waals surface area contributed by atoms with Gasteiger partial charge in [-0.15, -0.1) is 0 Å². The monoisotopic (exact) mass is 272 g/mol. The van der Waals surface area contributed by atoms with Crippen molar-refractivity contribution < 1.29 is 14.7 Å². The Morgan fingerprint density at radius 2 is 1.90 bits per heavy atom. The van der Waals surface area contributed by atoms with Crippen LogP contribution in [-0.2, 0) is 9.59 Å². The van der Waals surface area contributed by atoms with E-state index in [9.17, 15) is 9.59 Å². The third kappa shape index (κ3) is 3.31. The molecular weight excluding hydrogens is 268 g/mol. The summed E-state index contributed by atoms with van der Waals surface area (Å²) in [5.41, 5.74) is 0. The topological polar surface area (TPSA) is 54.4 Å². The molecule has 5 heteroatoms. The van der Waals surface area contributed by atoms with Crippen LogP contribution in [0, 0.1) is 0 Å². The number of hydrogen-bond acceptors (Lipinski definition) is 2. The highest BCUT2D eigenvalue weighted by Gasteiger charge is 2.33. The number of halogens is 2. The fourth-order valence-electron chi connectivity index (χ4n) is 0.388. The van der Waals surface area contributed by atoms with Gasteiger partial charge in [0.05, 0.1) is 0 Å². The number of carboxylic acids is 1.